The van der Waals surface area contributed by atoms with Crippen molar-refractivity contribution in [3.63, 3.8) is 0 Å². The van der Waals surface area contributed by atoms with E-state index in [1.54, 1.807) is 0 Å². The Bertz CT molecular complexity index is 123. The Hall–Kier alpha value is -0.0800. The van der Waals surface area contributed by atoms with Gasteiger partial charge >= 0.3 is 0 Å². The van der Waals surface area contributed by atoms with Crippen molar-refractivity contribution in [1.82, 2.24) is 0 Å². The average Bonchev–Trinajstić information content (AvgIpc) is 2.07. The predicted octanol–water partition coefficient (Wildman–Crippen LogP) is 1.63. The highest BCUT2D eigenvalue weighted by Gasteiger charge is 2.24. The maximum Gasteiger partial charge on any atom is 0.0194 e. The Morgan fingerprint density at radius 3 is 2.50 bits per heavy atom. The highest BCUT2D eigenvalue weighted by Crippen LogP contribution is 2.26. The summed E-state index contributed by atoms with van der Waals surface area (Å²) < 4.78 is 0. The summed E-state index contributed by atoms with van der Waals surface area (Å²) in [5, 5.41) is 0. The van der Waals surface area contributed by atoms with Crippen LogP contribution in [0.25, 0.3) is 0 Å². The Balaban J connectivity index is 2.21. The van der Waals surface area contributed by atoms with Crippen molar-refractivity contribution < 1.29 is 0 Å². The second kappa shape index (κ2) is 4.83. The van der Waals surface area contributed by atoms with Crippen molar-refractivity contribution in [1.29, 1.82) is 0 Å². The Morgan fingerprint density at radius 1 is 1.17 bits per heavy atom. The van der Waals surface area contributed by atoms with Gasteiger partial charge in [-0.05, 0) is 25.2 Å². The van der Waals surface area contributed by atoms with Crippen LogP contribution in [0.5, 0.6) is 0 Å². The summed E-state index contributed by atoms with van der Waals surface area (Å²) in [5.41, 5.74) is 11.8. The SMILES string of the molecule is CCCCC1CCC(N)C(N)C1. The first-order valence-corrected chi connectivity index (χ1v) is 5.25. The predicted molar refractivity (Wildman–Crippen MR) is 52.8 cm³/mol. The maximum absolute atomic E-state index is 5.92. The van der Waals surface area contributed by atoms with Crippen LogP contribution in [0.15, 0.2) is 0 Å². The molecule has 0 bridgehead atoms. The first kappa shape index (κ1) is 10.0. The minimum Gasteiger partial charge on any atom is -0.326 e. The van der Waals surface area contributed by atoms with Gasteiger partial charge in [0.05, 0.1) is 0 Å². The summed E-state index contributed by atoms with van der Waals surface area (Å²) in [4.78, 5) is 0. The summed E-state index contributed by atoms with van der Waals surface area (Å²) in [7, 11) is 0. The molecule has 1 rings (SSSR count). The van der Waals surface area contributed by atoms with E-state index in [9.17, 15) is 0 Å². The first-order valence-electron chi connectivity index (χ1n) is 5.25. The van der Waals surface area contributed by atoms with Crippen LogP contribution < -0.4 is 11.5 Å². The molecular formula is C10H22N2. The molecular weight excluding hydrogens is 148 g/mol. The van der Waals surface area contributed by atoms with E-state index in [1.807, 2.05) is 0 Å². The van der Waals surface area contributed by atoms with Crippen LogP contribution >= 0.6 is 0 Å². The topological polar surface area (TPSA) is 52.0 Å². The van der Waals surface area contributed by atoms with Crippen molar-refractivity contribution in [2.75, 3.05) is 0 Å². The van der Waals surface area contributed by atoms with Gasteiger partial charge in [-0.25, -0.2) is 0 Å². The van der Waals surface area contributed by atoms with Crippen molar-refractivity contribution in [3.05, 3.63) is 0 Å². The second-order valence-electron chi connectivity index (χ2n) is 4.15. The molecule has 72 valence electrons. The Labute approximate surface area is 75.7 Å². The van der Waals surface area contributed by atoms with Gasteiger partial charge in [0.2, 0.25) is 0 Å². The fraction of sp³-hybridized carbons (Fsp3) is 1.00. The monoisotopic (exact) mass is 170 g/mol. The lowest BCUT2D eigenvalue weighted by Crippen LogP contribution is -2.45. The molecule has 0 amide bonds. The van der Waals surface area contributed by atoms with Crippen LogP contribution in [0.2, 0.25) is 0 Å². The zero-order chi connectivity index (χ0) is 8.97. The van der Waals surface area contributed by atoms with E-state index < -0.39 is 0 Å². The zero-order valence-corrected chi connectivity index (χ0v) is 8.13. The van der Waals surface area contributed by atoms with Gasteiger partial charge in [0.15, 0.2) is 0 Å². The quantitative estimate of drug-likeness (QED) is 0.676. The van der Waals surface area contributed by atoms with E-state index in [1.165, 1.54) is 25.7 Å². The van der Waals surface area contributed by atoms with Crippen molar-refractivity contribution in [3.8, 4) is 0 Å². The van der Waals surface area contributed by atoms with Gasteiger partial charge in [0, 0.05) is 12.1 Å². The van der Waals surface area contributed by atoms with E-state index in [0.29, 0.717) is 0 Å². The number of hydrogen-bond acceptors (Lipinski definition) is 2. The van der Waals surface area contributed by atoms with Gasteiger partial charge in [-0.3, -0.25) is 0 Å². The largest absolute Gasteiger partial charge is 0.326 e. The summed E-state index contributed by atoms with van der Waals surface area (Å²) in [6.45, 7) is 2.24. The molecule has 0 saturated heterocycles. The lowest BCUT2D eigenvalue weighted by atomic mass is 9.81. The molecule has 3 atom stereocenters. The number of rotatable bonds is 3. The average molecular weight is 170 g/mol. The Kier molecular flexibility index (Phi) is 4.02. The van der Waals surface area contributed by atoms with Gasteiger partial charge in [-0.2, -0.15) is 0 Å². The fourth-order valence-electron chi connectivity index (χ4n) is 2.07. The van der Waals surface area contributed by atoms with E-state index in [4.69, 9.17) is 11.5 Å². The molecule has 0 aromatic carbocycles. The molecule has 2 heteroatoms. The van der Waals surface area contributed by atoms with Crippen LogP contribution in [-0.4, -0.2) is 12.1 Å². The van der Waals surface area contributed by atoms with E-state index >= 15 is 0 Å². The standard InChI is InChI=1S/C10H22N2/c1-2-3-4-8-5-6-9(11)10(12)7-8/h8-10H,2-7,11-12H2,1H3. The van der Waals surface area contributed by atoms with Crippen molar-refractivity contribution in [2.45, 2.75) is 57.5 Å². The van der Waals surface area contributed by atoms with Gasteiger partial charge in [0.1, 0.15) is 0 Å². The van der Waals surface area contributed by atoms with Gasteiger partial charge in [-0.15, -0.1) is 0 Å². The lowest BCUT2D eigenvalue weighted by Gasteiger charge is -2.31. The number of nitrogens with two attached hydrogens (primary N) is 2. The van der Waals surface area contributed by atoms with Crippen LogP contribution in [0.4, 0.5) is 0 Å². The molecule has 0 radical (unpaired) electrons. The third kappa shape index (κ3) is 2.76. The molecule has 1 fully saturated rings. The van der Waals surface area contributed by atoms with Gasteiger partial charge in [-0.1, -0.05) is 26.2 Å². The van der Waals surface area contributed by atoms with Crippen molar-refractivity contribution in [2.24, 2.45) is 17.4 Å². The smallest absolute Gasteiger partial charge is 0.0194 e. The maximum atomic E-state index is 5.92. The molecule has 2 nitrogen and oxygen atoms in total. The fourth-order valence-corrected chi connectivity index (χ4v) is 2.07. The normalized spacial score (nSPS) is 36.8. The second-order valence-corrected chi connectivity index (χ2v) is 4.15. The van der Waals surface area contributed by atoms with Crippen LogP contribution in [-0.2, 0) is 0 Å². The molecule has 0 aromatic heterocycles. The van der Waals surface area contributed by atoms with E-state index in [-0.39, 0.29) is 12.1 Å². The molecule has 0 heterocycles. The summed E-state index contributed by atoms with van der Waals surface area (Å²) in [6, 6.07) is 0.531. The first-order chi connectivity index (χ1) is 5.74. The van der Waals surface area contributed by atoms with E-state index in [0.717, 1.165) is 18.8 Å². The molecule has 1 aliphatic rings. The molecule has 0 aliphatic heterocycles. The van der Waals surface area contributed by atoms with Crippen LogP contribution in [0.3, 0.4) is 0 Å². The number of unbranched alkanes of at least 4 members (excludes halogenated alkanes) is 1. The number of hydrogen-bond donors (Lipinski definition) is 2. The summed E-state index contributed by atoms with van der Waals surface area (Å²) >= 11 is 0. The lowest BCUT2D eigenvalue weighted by molar-refractivity contribution is 0.272. The molecule has 1 saturated carbocycles. The third-order valence-corrected chi connectivity index (χ3v) is 3.03. The molecule has 12 heavy (non-hydrogen) atoms. The Morgan fingerprint density at radius 2 is 1.92 bits per heavy atom. The third-order valence-electron chi connectivity index (χ3n) is 3.03. The van der Waals surface area contributed by atoms with E-state index in [2.05, 4.69) is 6.92 Å². The van der Waals surface area contributed by atoms with Crippen LogP contribution in [0, 0.1) is 5.92 Å². The molecule has 3 unspecified atom stereocenters. The minimum atomic E-state index is 0.264. The highest BCUT2D eigenvalue weighted by molar-refractivity contribution is 4.84. The summed E-state index contributed by atoms with van der Waals surface area (Å²) in [5.74, 6) is 0.861. The molecule has 0 aromatic rings. The highest BCUT2D eigenvalue weighted by atomic mass is 14.8. The molecule has 1 aliphatic carbocycles. The van der Waals surface area contributed by atoms with Crippen molar-refractivity contribution >= 4 is 0 Å². The van der Waals surface area contributed by atoms with Gasteiger partial charge in [0.25, 0.3) is 0 Å². The molecule has 4 N–H and O–H groups in total. The molecule has 0 spiro atoms. The van der Waals surface area contributed by atoms with Gasteiger partial charge < -0.3 is 11.5 Å². The summed E-state index contributed by atoms with van der Waals surface area (Å²) in [6.07, 6.45) is 7.60. The minimum absolute atomic E-state index is 0.264. The zero-order valence-electron chi connectivity index (χ0n) is 8.13. The van der Waals surface area contributed by atoms with Crippen LogP contribution in [0.1, 0.15) is 45.4 Å².